The van der Waals surface area contributed by atoms with Gasteiger partial charge in [0.2, 0.25) is 5.89 Å². The number of benzene rings is 1. The van der Waals surface area contributed by atoms with Crippen LogP contribution in [0.2, 0.25) is 0 Å². The molecule has 2 atom stereocenters. The number of likely N-dealkylation sites (tertiary alicyclic amines) is 1. The van der Waals surface area contributed by atoms with Crippen LogP contribution in [0.5, 0.6) is 5.75 Å². The number of ether oxygens (including phenoxy) is 1. The number of aryl methyl sites for hydroxylation is 2. The molecular weight excluding hydrogens is 294 g/mol. The minimum absolute atomic E-state index is 0.0449. The Hall–Kier alpha value is -2.37. The number of carbonyl (C=O) groups is 1. The van der Waals surface area contributed by atoms with Crippen molar-refractivity contribution >= 4 is 5.91 Å². The maximum atomic E-state index is 12.7. The SMILES string of the molecule is Cc1cccc(OC(C)C(=O)N2CCCC2c2noc(C)n2)c1. The fraction of sp³-hybridized carbons (Fsp3) is 0.471. The Kier molecular flexibility index (Phi) is 4.32. The van der Waals surface area contributed by atoms with Gasteiger partial charge in [-0.3, -0.25) is 4.79 Å². The molecule has 122 valence electrons. The molecule has 1 aromatic carbocycles. The number of rotatable bonds is 4. The summed E-state index contributed by atoms with van der Waals surface area (Å²) in [5, 5.41) is 3.96. The maximum Gasteiger partial charge on any atom is 0.263 e. The van der Waals surface area contributed by atoms with Gasteiger partial charge in [0.25, 0.3) is 5.91 Å². The van der Waals surface area contributed by atoms with Crippen molar-refractivity contribution in [1.29, 1.82) is 0 Å². The second-order valence-corrected chi connectivity index (χ2v) is 5.94. The zero-order valence-electron chi connectivity index (χ0n) is 13.7. The highest BCUT2D eigenvalue weighted by Crippen LogP contribution is 2.31. The van der Waals surface area contributed by atoms with E-state index in [1.807, 2.05) is 31.2 Å². The molecule has 23 heavy (non-hydrogen) atoms. The lowest BCUT2D eigenvalue weighted by atomic mass is 10.2. The monoisotopic (exact) mass is 315 g/mol. The summed E-state index contributed by atoms with van der Waals surface area (Å²) in [5.74, 6) is 1.76. The van der Waals surface area contributed by atoms with Crippen molar-refractivity contribution in [3.8, 4) is 5.75 Å². The van der Waals surface area contributed by atoms with Crippen LogP contribution in [0.1, 0.15) is 43.1 Å². The van der Waals surface area contributed by atoms with Gasteiger partial charge in [0.1, 0.15) is 5.75 Å². The molecule has 6 nitrogen and oxygen atoms in total. The molecule has 0 bridgehead atoms. The third-order valence-electron chi connectivity index (χ3n) is 4.03. The number of hydrogen-bond donors (Lipinski definition) is 0. The van der Waals surface area contributed by atoms with Crippen LogP contribution in [0.4, 0.5) is 0 Å². The first-order chi connectivity index (χ1) is 11.0. The molecule has 6 heteroatoms. The average molecular weight is 315 g/mol. The Bertz CT molecular complexity index is 698. The number of hydrogen-bond acceptors (Lipinski definition) is 5. The zero-order valence-corrected chi connectivity index (χ0v) is 13.7. The van der Waals surface area contributed by atoms with Gasteiger partial charge in [-0.2, -0.15) is 4.98 Å². The van der Waals surface area contributed by atoms with E-state index in [1.54, 1.807) is 18.7 Å². The first kappa shape index (κ1) is 15.5. The van der Waals surface area contributed by atoms with Gasteiger partial charge in [0.15, 0.2) is 11.9 Å². The zero-order chi connectivity index (χ0) is 16.4. The molecule has 0 N–H and O–H groups in total. The summed E-state index contributed by atoms with van der Waals surface area (Å²) in [6, 6.07) is 7.58. The fourth-order valence-corrected chi connectivity index (χ4v) is 2.93. The van der Waals surface area contributed by atoms with E-state index < -0.39 is 6.10 Å². The third kappa shape index (κ3) is 3.36. The average Bonchev–Trinajstić information content (AvgIpc) is 3.14. The summed E-state index contributed by atoms with van der Waals surface area (Å²) >= 11 is 0. The Morgan fingerprint density at radius 3 is 2.96 bits per heavy atom. The molecule has 2 unspecified atom stereocenters. The molecule has 0 spiro atoms. The lowest BCUT2D eigenvalue weighted by Crippen LogP contribution is -2.40. The number of amides is 1. The van der Waals surface area contributed by atoms with Crippen LogP contribution in [0.3, 0.4) is 0 Å². The molecule has 2 aromatic rings. The maximum absolute atomic E-state index is 12.7. The van der Waals surface area contributed by atoms with E-state index >= 15 is 0 Å². The Labute approximate surface area is 135 Å². The summed E-state index contributed by atoms with van der Waals surface area (Å²) in [5.41, 5.74) is 1.10. The van der Waals surface area contributed by atoms with Gasteiger partial charge in [-0.25, -0.2) is 0 Å². The molecule has 3 rings (SSSR count). The summed E-state index contributed by atoms with van der Waals surface area (Å²) in [7, 11) is 0. The Morgan fingerprint density at radius 1 is 1.43 bits per heavy atom. The number of carbonyl (C=O) groups excluding carboxylic acids is 1. The van der Waals surface area contributed by atoms with E-state index in [1.165, 1.54) is 0 Å². The van der Waals surface area contributed by atoms with Crippen molar-refractivity contribution in [2.24, 2.45) is 0 Å². The second-order valence-electron chi connectivity index (χ2n) is 5.94. The summed E-state index contributed by atoms with van der Waals surface area (Å²) in [6.45, 7) is 6.22. The van der Waals surface area contributed by atoms with Crippen molar-refractivity contribution in [2.75, 3.05) is 6.54 Å². The standard InChI is InChI=1S/C17H21N3O3/c1-11-6-4-7-14(10-11)22-12(2)17(21)20-9-5-8-15(20)16-18-13(3)23-19-16/h4,6-7,10,12,15H,5,8-9H2,1-3H3. The second kappa shape index (κ2) is 6.40. The highest BCUT2D eigenvalue weighted by molar-refractivity contribution is 5.81. The fourth-order valence-electron chi connectivity index (χ4n) is 2.93. The van der Waals surface area contributed by atoms with Crippen molar-refractivity contribution in [2.45, 2.75) is 45.8 Å². The highest BCUT2D eigenvalue weighted by Gasteiger charge is 2.35. The molecule has 1 saturated heterocycles. The largest absolute Gasteiger partial charge is 0.481 e. The van der Waals surface area contributed by atoms with Gasteiger partial charge in [-0.1, -0.05) is 17.3 Å². The summed E-state index contributed by atoms with van der Waals surface area (Å²) in [4.78, 5) is 18.8. The predicted molar refractivity (Wildman–Crippen MR) is 84.0 cm³/mol. The van der Waals surface area contributed by atoms with Crippen LogP contribution >= 0.6 is 0 Å². The van der Waals surface area contributed by atoms with Crippen LogP contribution < -0.4 is 4.74 Å². The van der Waals surface area contributed by atoms with Gasteiger partial charge < -0.3 is 14.2 Å². The number of nitrogens with zero attached hydrogens (tertiary/aromatic N) is 3. The van der Waals surface area contributed by atoms with Gasteiger partial charge in [-0.15, -0.1) is 0 Å². The molecule has 1 fully saturated rings. The topological polar surface area (TPSA) is 68.5 Å². The van der Waals surface area contributed by atoms with Gasteiger partial charge in [0.05, 0.1) is 6.04 Å². The van der Waals surface area contributed by atoms with Crippen molar-refractivity contribution < 1.29 is 14.1 Å². The molecule has 2 heterocycles. The molecule has 1 amide bonds. The molecule has 1 aliphatic rings. The molecular formula is C17H21N3O3. The van der Waals surface area contributed by atoms with Crippen LogP contribution in [0.25, 0.3) is 0 Å². The summed E-state index contributed by atoms with van der Waals surface area (Å²) < 4.78 is 10.8. The molecule has 1 aliphatic heterocycles. The molecule has 0 aliphatic carbocycles. The van der Waals surface area contributed by atoms with Crippen molar-refractivity contribution in [3.05, 3.63) is 41.5 Å². The quantitative estimate of drug-likeness (QED) is 0.868. The third-order valence-corrected chi connectivity index (χ3v) is 4.03. The van der Waals surface area contributed by atoms with Crippen LogP contribution in [-0.2, 0) is 4.79 Å². The number of aromatic nitrogens is 2. The van der Waals surface area contributed by atoms with Crippen LogP contribution in [0.15, 0.2) is 28.8 Å². The van der Waals surface area contributed by atoms with Gasteiger partial charge >= 0.3 is 0 Å². The van der Waals surface area contributed by atoms with E-state index in [2.05, 4.69) is 10.1 Å². The Morgan fingerprint density at radius 2 is 2.26 bits per heavy atom. The lowest BCUT2D eigenvalue weighted by molar-refractivity contribution is -0.139. The molecule has 0 saturated carbocycles. The first-order valence-electron chi connectivity index (χ1n) is 7.88. The summed E-state index contributed by atoms with van der Waals surface area (Å²) in [6.07, 6.45) is 1.23. The lowest BCUT2D eigenvalue weighted by Gasteiger charge is -2.26. The first-order valence-corrected chi connectivity index (χ1v) is 7.88. The van der Waals surface area contributed by atoms with Crippen molar-refractivity contribution in [1.82, 2.24) is 15.0 Å². The van der Waals surface area contributed by atoms with Crippen molar-refractivity contribution in [3.63, 3.8) is 0 Å². The van der Waals surface area contributed by atoms with E-state index in [-0.39, 0.29) is 11.9 Å². The minimum atomic E-state index is -0.551. The molecule has 1 aromatic heterocycles. The van der Waals surface area contributed by atoms with E-state index in [0.717, 1.165) is 18.4 Å². The van der Waals surface area contributed by atoms with Gasteiger partial charge in [0, 0.05) is 13.5 Å². The molecule has 0 radical (unpaired) electrons. The van der Waals surface area contributed by atoms with E-state index in [4.69, 9.17) is 9.26 Å². The highest BCUT2D eigenvalue weighted by atomic mass is 16.5. The van der Waals surface area contributed by atoms with E-state index in [9.17, 15) is 4.79 Å². The normalized spacial score (nSPS) is 18.9. The Balaban J connectivity index is 1.71. The van der Waals surface area contributed by atoms with Gasteiger partial charge in [-0.05, 0) is 44.4 Å². The predicted octanol–water partition coefficient (Wildman–Crippen LogP) is 2.82. The van der Waals surface area contributed by atoms with Crippen LogP contribution in [-0.4, -0.2) is 33.6 Å². The smallest absolute Gasteiger partial charge is 0.263 e. The van der Waals surface area contributed by atoms with Crippen LogP contribution in [0, 0.1) is 13.8 Å². The minimum Gasteiger partial charge on any atom is -0.481 e. The van der Waals surface area contributed by atoms with E-state index in [0.29, 0.717) is 24.0 Å².